The van der Waals surface area contributed by atoms with Gasteiger partial charge >= 0.3 is 0 Å². The summed E-state index contributed by atoms with van der Waals surface area (Å²) in [6.07, 6.45) is 6.73. The van der Waals surface area contributed by atoms with Gasteiger partial charge in [-0.15, -0.1) is 0 Å². The summed E-state index contributed by atoms with van der Waals surface area (Å²) in [5.41, 5.74) is 1.47. The van der Waals surface area contributed by atoms with Crippen LogP contribution in [0.2, 0.25) is 0 Å². The monoisotopic (exact) mass is 124 g/mol. The van der Waals surface area contributed by atoms with E-state index in [9.17, 15) is 0 Å². The lowest BCUT2D eigenvalue weighted by Crippen LogP contribution is -1.89. The zero-order valence-corrected chi connectivity index (χ0v) is 6.32. The average Bonchev–Trinajstić information content (AvgIpc) is 1.97. The quantitative estimate of drug-likeness (QED) is 0.344. The number of rotatable bonds is 0. The van der Waals surface area contributed by atoms with Crippen LogP contribution < -0.4 is 0 Å². The van der Waals surface area contributed by atoms with E-state index in [0.29, 0.717) is 0 Å². The van der Waals surface area contributed by atoms with Crippen molar-refractivity contribution in [2.75, 3.05) is 0 Å². The van der Waals surface area contributed by atoms with Crippen LogP contribution in [0.3, 0.4) is 0 Å². The predicted molar refractivity (Wildman–Crippen MR) is 41.4 cm³/mol. The largest absolute Gasteiger partial charge is 0.0999 e. The zero-order chi connectivity index (χ0) is 6.69. The van der Waals surface area contributed by atoms with E-state index in [1.807, 2.05) is 0 Å². The Bertz CT molecular complexity index is 103. The van der Waals surface area contributed by atoms with Gasteiger partial charge in [-0.3, -0.25) is 0 Å². The number of allylic oxidation sites excluding steroid dienone is 1. The Morgan fingerprint density at radius 1 is 1.33 bits per heavy atom. The first-order chi connectivity index (χ1) is 4.29. The van der Waals surface area contributed by atoms with Crippen molar-refractivity contribution < 1.29 is 0 Å². The fraction of sp³-hybridized carbons (Fsp3) is 0.778. The summed E-state index contributed by atoms with van der Waals surface area (Å²) in [6, 6.07) is 0. The standard InChI is InChI=1S/C9H16/c1-8-4-3-5-9(2)7-6-8/h9H,1,3-7H2,2H3. The van der Waals surface area contributed by atoms with Gasteiger partial charge in [-0.05, 0) is 31.6 Å². The van der Waals surface area contributed by atoms with Gasteiger partial charge in [-0.25, -0.2) is 0 Å². The highest BCUT2D eigenvalue weighted by Gasteiger charge is 2.07. The molecular formula is C9H16. The molecule has 0 saturated heterocycles. The first kappa shape index (κ1) is 6.85. The second kappa shape index (κ2) is 3.05. The van der Waals surface area contributed by atoms with Crippen LogP contribution in [-0.4, -0.2) is 0 Å². The molecule has 1 rings (SSSR count). The molecular weight excluding hydrogens is 108 g/mol. The average molecular weight is 124 g/mol. The van der Waals surface area contributed by atoms with Gasteiger partial charge in [0.15, 0.2) is 0 Å². The van der Waals surface area contributed by atoms with E-state index in [4.69, 9.17) is 0 Å². The Morgan fingerprint density at radius 2 is 2.11 bits per heavy atom. The molecule has 1 saturated carbocycles. The third kappa shape index (κ3) is 2.21. The minimum absolute atomic E-state index is 0.948. The molecule has 0 heterocycles. The summed E-state index contributed by atoms with van der Waals surface area (Å²) in [4.78, 5) is 0. The van der Waals surface area contributed by atoms with Gasteiger partial charge in [0.05, 0.1) is 0 Å². The van der Waals surface area contributed by atoms with E-state index in [1.54, 1.807) is 0 Å². The summed E-state index contributed by atoms with van der Waals surface area (Å²) < 4.78 is 0. The highest BCUT2D eigenvalue weighted by Crippen LogP contribution is 2.24. The fourth-order valence-electron chi connectivity index (χ4n) is 1.42. The summed E-state index contributed by atoms with van der Waals surface area (Å²) in [5.74, 6) is 0.948. The number of hydrogen-bond donors (Lipinski definition) is 0. The topological polar surface area (TPSA) is 0 Å². The first-order valence-electron chi connectivity index (χ1n) is 3.95. The Balaban J connectivity index is 2.34. The van der Waals surface area contributed by atoms with E-state index >= 15 is 0 Å². The lowest BCUT2D eigenvalue weighted by atomic mass is 10.0. The Hall–Kier alpha value is -0.260. The van der Waals surface area contributed by atoms with Crippen LogP contribution >= 0.6 is 0 Å². The van der Waals surface area contributed by atoms with E-state index in [1.165, 1.54) is 37.7 Å². The summed E-state index contributed by atoms with van der Waals surface area (Å²) >= 11 is 0. The van der Waals surface area contributed by atoms with Crippen molar-refractivity contribution in [2.24, 2.45) is 5.92 Å². The van der Waals surface area contributed by atoms with Gasteiger partial charge < -0.3 is 0 Å². The highest BCUT2D eigenvalue weighted by molar-refractivity contribution is 4.95. The van der Waals surface area contributed by atoms with Crippen LogP contribution in [0.5, 0.6) is 0 Å². The van der Waals surface area contributed by atoms with Crippen molar-refractivity contribution >= 4 is 0 Å². The molecule has 1 aliphatic carbocycles. The maximum Gasteiger partial charge on any atom is -0.0320 e. The lowest BCUT2D eigenvalue weighted by Gasteiger charge is -2.02. The molecule has 1 aliphatic rings. The number of hydrogen-bond acceptors (Lipinski definition) is 0. The predicted octanol–water partition coefficient (Wildman–Crippen LogP) is 3.14. The molecule has 0 heteroatoms. The molecule has 0 radical (unpaired) electrons. The minimum atomic E-state index is 0.948. The van der Waals surface area contributed by atoms with Crippen molar-refractivity contribution in [2.45, 2.75) is 39.0 Å². The Kier molecular flexibility index (Phi) is 2.32. The van der Waals surface area contributed by atoms with Gasteiger partial charge in [-0.1, -0.05) is 25.5 Å². The van der Waals surface area contributed by atoms with E-state index < -0.39 is 0 Å². The van der Waals surface area contributed by atoms with Crippen molar-refractivity contribution in [1.82, 2.24) is 0 Å². The van der Waals surface area contributed by atoms with E-state index in [0.717, 1.165) is 5.92 Å². The Labute approximate surface area is 58.0 Å². The van der Waals surface area contributed by atoms with Crippen LogP contribution in [0.15, 0.2) is 12.2 Å². The van der Waals surface area contributed by atoms with Gasteiger partial charge in [0.1, 0.15) is 0 Å². The molecule has 0 nitrogen and oxygen atoms in total. The third-order valence-corrected chi connectivity index (χ3v) is 2.22. The summed E-state index contributed by atoms with van der Waals surface area (Å²) in [5, 5.41) is 0. The molecule has 9 heavy (non-hydrogen) atoms. The molecule has 0 bridgehead atoms. The maximum absolute atomic E-state index is 4.01. The van der Waals surface area contributed by atoms with Gasteiger partial charge in [0, 0.05) is 0 Å². The van der Waals surface area contributed by atoms with E-state index in [-0.39, 0.29) is 0 Å². The first-order valence-corrected chi connectivity index (χ1v) is 3.95. The SMILES string of the molecule is C=C1CCCC(C)CC1. The molecule has 0 aromatic rings. The lowest BCUT2D eigenvalue weighted by molar-refractivity contribution is 0.507. The van der Waals surface area contributed by atoms with Crippen molar-refractivity contribution in [1.29, 1.82) is 0 Å². The minimum Gasteiger partial charge on any atom is -0.0999 e. The summed E-state index contributed by atoms with van der Waals surface area (Å²) in [7, 11) is 0. The van der Waals surface area contributed by atoms with Crippen LogP contribution in [0, 0.1) is 5.92 Å². The van der Waals surface area contributed by atoms with E-state index in [2.05, 4.69) is 13.5 Å². The molecule has 0 amide bonds. The zero-order valence-electron chi connectivity index (χ0n) is 6.32. The molecule has 1 fully saturated rings. The third-order valence-electron chi connectivity index (χ3n) is 2.22. The maximum atomic E-state index is 4.01. The molecule has 0 N–H and O–H groups in total. The molecule has 0 aliphatic heterocycles. The van der Waals surface area contributed by atoms with Crippen molar-refractivity contribution in [3.05, 3.63) is 12.2 Å². The van der Waals surface area contributed by atoms with Gasteiger partial charge in [-0.2, -0.15) is 0 Å². The van der Waals surface area contributed by atoms with Gasteiger partial charge in [0.25, 0.3) is 0 Å². The van der Waals surface area contributed by atoms with Crippen molar-refractivity contribution in [3.8, 4) is 0 Å². The van der Waals surface area contributed by atoms with Crippen molar-refractivity contribution in [3.63, 3.8) is 0 Å². The second-order valence-corrected chi connectivity index (χ2v) is 3.29. The fourth-order valence-corrected chi connectivity index (χ4v) is 1.42. The highest BCUT2D eigenvalue weighted by atomic mass is 14.1. The van der Waals surface area contributed by atoms with Crippen LogP contribution in [-0.2, 0) is 0 Å². The van der Waals surface area contributed by atoms with Gasteiger partial charge in [0.2, 0.25) is 0 Å². The summed E-state index contributed by atoms with van der Waals surface area (Å²) in [6.45, 7) is 6.35. The molecule has 52 valence electrons. The van der Waals surface area contributed by atoms with Crippen LogP contribution in [0.25, 0.3) is 0 Å². The van der Waals surface area contributed by atoms with Crippen LogP contribution in [0.4, 0.5) is 0 Å². The molecule has 1 unspecified atom stereocenters. The normalized spacial score (nSPS) is 29.9. The smallest absolute Gasteiger partial charge is 0.0320 e. The molecule has 0 aromatic carbocycles. The second-order valence-electron chi connectivity index (χ2n) is 3.29. The Morgan fingerprint density at radius 3 is 2.89 bits per heavy atom. The molecule has 0 aromatic heterocycles. The molecule has 1 atom stereocenters. The van der Waals surface area contributed by atoms with Crippen LogP contribution in [0.1, 0.15) is 39.0 Å². The molecule has 0 spiro atoms.